The molecule has 1 N–H and O–H groups in total. The highest BCUT2D eigenvalue weighted by Crippen LogP contribution is 2.44. The van der Waals surface area contributed by atoms with Gasteiger partial charge >= 0.3 is 0 Å². The normalized spacial score (nSPS) is 12.8. The van der Waals surface area contributed by atoms with Gasteiger partial charge in [-0.05, 0) is 0 Å². The summed E-state index contributed by atoms with van der Waals surface area (Å²) in [6, 6.07) is 12.2. The fourth-order valence-corrected chi connectivity index (χ4v) is 2.40. The molecule has 1 aromatic heterocycles. The number of rotatable bonds is 1. The molecule has 0 saturated heterocycles. The molecule has 0 bridgehead atoms. The van der Waals surface area contributed by atoms with Gasteiger partial charge in [-0.3, -0.25) is 4.79 Å². The maximum Gasteiger partial charge on any atom is 0.231 e. The summed E-state index contributed by atoms with van der Waals surface area (Å²) in [5, 5.41) is 10.2. The van der Waals surface area contributed by atoms with E-state index in [1.54, 1.807) is 6.07 Å². The lowest BCUT2D eigenvalue weighted by Gasteiger charge is -2.06. The number of phenols is 1. The SMILES string of the molecule is O=c1cc(-c2ccccc2)oc2cc3c(c(O)c12)OCO3. The van der Waals surface area contributed by atoms with Crippen LogP contribution in [-0.4, -0.2) is 11.9 Å². The quantitative estimate of drug-likeness (QED) is 0.743. The van der Waals surface area contributed by atoms with E-state index in [0.29, 0.717) is 11.5 Å². The van der Waals surface area contributed by atoms with Crippen molar-refractivity contribution >= 4 is 11.0 Å². The Morgan fingerprint density at radius 3 is 2.67 bits per heavy atom. The molecule has 2 aromatic carbocycles. The molecule has 21 heavy (non-hydrogen) atoms. The van der Waals surface area contributed by atoms with Crippen LogP contribution >= 0.6 is 0 Å². The van der Waals surface area contributed by atoms with Crippen LogP contribution in [0.4, 0.5) is 0 Å². The first-order chi connectivity index (χ1) is 10.2. The van der Waals surface area contributed by atoms with E-state index in [2.05, 4.69) is 0 Å². The fraction of sp³-hybridized carbons (Fsp3) is 0.0625. The van der Waals surface area contributed by atoms with Crippen LogP contribution in [0.2, 0.25) is 0 Å². The molecule has 2 heterocycles. The molecular formula is C16H10O5. The molecule has 0 atom stereocenters. The van der Waals surface area contributed by atoms with E-state index in [1.807, 2.05) is 30.3 Å². The van der Waals surface area contributed by atoms with Crippen molar-refractivity contribution in [1.82, 2.24) is 0 Å². The Morgan fingerprint density at radius 2 is 1.86 bits per heavy atom. The van der Waals surface area contributed by atoms with E-state index < -0.39 is 0 Å². The molecule has 0 amide bonds. The van der Waals surface area contributed by atoms with Gasteiger partial charge in [0.15, 0.2) is 16.9 Å². The van der Waals surface area contributed by atoms with Gasteiger partial charge in [0, 0.05) is 17.7 Å². The van der Waals surface area contributed by atoms with Crippen molar-refractivity contribution in [2.24, 2.45) is 0 Å². The number of hydrogen-bond donors (Lipinski definition) is 1. The molecule has 3 aromatic rings. The summed E-state index contributed by atoms with van der Waals surface area (Å²) in [7, 11) is 0. The molecule has 1 aliphatic heterocycles. The van der Waals surface area contributed by atoms with Gasteiger partial charge in [0.05, 0.1) is 0 Å². The Bertz CT molecular complexity index is 896. The summed E-state index contributed by atoms with van der Waals surface area (Å²) in [5.74, 6) is 0.746. The van der Waals surface area contributed by atoms with E-state index in [4.69, 9.17) is 13.9 Å². The van der Waals surface area contributed by atoms with Crippen LogP contribution in [-0.2, 0) is 0 Å². The van der Waals surface area contributed by atoms with Gasteiger partial charge in [-0.25, -0.2) is 0 Å². The molecule has 0 unspecified atom stereocenters. The summed E-state index contributed by atoms with van der Waals surface area (Å²) >= 11 is 0. The monoisotopic (exact) mass is 282 g/mol. The maximum atomic E-state index is 12.3. The Balaban J connectivity index is 2.03. The zero-order valence-corrected chi connectivity index (χ0v) is 10.8. The summed E-state index contributed by atoms with van der Waals surface area (Å²) in [6.45, 7) is 0.0128. The van der Waals surface area contributed by atoms with Crippen LogP contribution in [0, 0.1) is 0 Å². The lowest BCUT2D eigenvalue weighted by atomic mass is 10.1. The Hall–Kier alpha value is -2.95. The molecule has 5 heteroatoms. The maximum absolute atomic E-state index is 12.3. The molecular weight excluding hydrogens is 272 g/mol. The lowest BCUT2D eigenvalue weighted by molar-refractivity contribution is 0.171. The molecule has 1 aliphatic rings. The molecule has 4 rings (SSSR count). The van der Waals surface area contributed by atoms with Crippen molar-refractivity contribution < 1.29 is 19.0 Å². The topological polar surface area (TPSA) is 68.9 Å². The third kappa shape index (κ3) is 1.74. The first-order valence-corrected chi connectivity index (χ1v) is 6.39. The van der Waals surface area contributed by atoms with E-state index in [1.165, 1.54) is 6.07 Å². The van der Waals surface area contributed by atoms with Crippen LogP contribution in [0.25, 0.3) is 22.3 Å². The molecule has 5 nitrogen and oxygen atoms in total. The van der Waals surface area contributed by atoms with E-state index in [0.717, 1.165) is 5.56 Å². The van der Waals surface area contributed by atoms with Crippen molar-refractivity contribution in [1.29, 1.82) is 0 Å². The number of fused-ring (bicyclic) bond motifs is 2. The van der Waals surface area contributed by atoms with Crippen molar-refractivity contribution in [2.75, 3.05) is 6.79 Å². The zero-order valence-electron chi connectivity index (χ0n) is 10.8. The smallest absolute Gasteiger partial charge is 0.231 e. The Morgan fingerprint density at radius 1 is 1.05 bits per heavy atom. The van der Waals surface area contributed by atoms with Gasteiger partial charge in [-0.1, -0.05) is 30.3 Å². The van der Waals surface area contributed by atoms with Crippen molar-refractivity contribution in [3.63, 3.8) is 0 Å². The van der Waals surface area contributed by atoms with Crippen LogP contribution in [0.5, 0.6) is 17.2 Å². The van der Waals surface area contributed by atoms with Gasteiger partial charge in [-0.15, -0.1) is 0 Å². The average molecular weight is 282 g/mol. The molecule has 0 fully saturated rings. The first-order valence-electron chi connectivity index (χ1n) is 6.39. The highest BCUT2D eigenvalue weighted by molar-refractivity contribution is 5.89. The van der Waals surface area contributed by atoms with Crippen molar-refractivity contribution in [2.45, 2.75) is 0 Å². The second-order valence-corrected chi connectivity index (χ2v) is 4.67. The molecule has 0 radical (unpaired) electrons. The highest BCUT2D eigenvalue weighted by atomic mass is 16.7. The molecule has 0 aliphatic carbocycles. The largest absolute Gasteiger partial charge is 0.504 e. The average Bonchev–Trinajstić information content (AvgIpc) is 2.96. The van der Waals surface area contributed by atoms with Gasteiger partial charge in [0.2, 0.25) is 12.5 Å². The molecule has 0 spiro atoms. The number of benzene rings is 2. The first kappa shape index (κ1) is 11.8. The van der Waals surface area contributed by atoms with E-state index in [-0.39, 0.29) is 34.7 Å². The summed E-state index contributed by atoms with van der Waals surface area (Å²) in [6.07, 6.45) is 0. The molecule has 0 saturated carbocycles. The number of phenolic OH excluding ortho intramolecular Hbond substituents is 1. The lowest BCUT2D eigenvalue weighted by Crippen LogP contribution is -2.01. The van der Waals surface area contributed by atoms with Gasteiger partial charge in [-0.2, -0.15) is 0 Å². The zero-order chi connectivity index (χ0) is 14.4. The third-order valence-corrected chi connectivity index (χ3v) is 3.39. The van der Waals surface area contributed by atoms with E-state index >= 15 is 0 Å². The van der Waals surface area contributed by atoms with Gasteiger partial charge in [0.1, 0.15) is 16.7 Å². The van der Waals surface area contributed by atoms with Crippen molar-refractivity contribution in [3.05, 3.63) is 52.7 Å². The minimum absolute atomic E-state index is 0.0128. The number of hydrogen-bond acceptors (Lipinski definition) is 5. The summed E-state index contributed by atoms with van der Waals surface area (Å²) in [5.41, 5.74) is 0.725. The summed E-state index contributed by atoms with van der Waals surface area (Å²) in [4.78, 5) is 12.3. The predicted molar refractivity (Wildman–Crippen MR) is 75.7 cm³/mol. The highest BCUT2D eigenvalue weighted by Gasteiger charge is 2.23. The molecule has 104 valence electrons. The predicted octanol–water partition coefficient (Wildman–Crippen LogP) is 2.89. The Kier molecular flexibility index (Phi) is 2.41. The van der Waals surface area contributed by atoms with Crippen LogP contribution < -0.4 is 14.9 Å². The third-order valence-electron chi connectivity index (χ3n) is 3.39. The van der Waals surface area contributed by atoms with E-state index in [9.17, 15) is 9.90 Å². The summed E-state index contributed by atoms with van der Waals surface area (Å²) < 4.78 is 16.1. The van der Waals surface area contributed by atoms with Gasteiger partial charge in [0.25, 0.3) is 0 Å². The van der Waals surface area contributed by atoms with Crippen LogP contribution in [0.1, 0.15) is 0 Å². The minimum Gasteiger partial charge on any atom is -0.504 e. The Labute approximate surface area is 119 Å². The minimum atomic E-state index is -0.328. The number of ether oxygens (including phenoxy) is 2. The number of aromatic hydroxyl groups is 1. The van der Waals surface area contributed by atoms with Crippen LogP contribution in [0.15, 0.2) is 51.7 Å². The van der Waals surface area contributed by atoms with Crippen molar-refractivity contribution in [3.8, 4) is 28.6 Å². The standard InChI is InChI=1S/C16H10O5/c17-10-6-11(9-4-2-1-3-5-9)21-12-7-13-16(20-8-19-13)15(18)14(10)12/h1-7,18H,8H2. The second kappa shape index (κ2) is 4.28. The fourth-order valence-electron chi connectivity index (χ4n) is 2.40. The second-order valence-electron chi connectivity index (χ2n) is 4.67. The van der Waals surface area contributed by atoms with Crippen LogP contribution in [0.3, 0.4) is 0 Å². The van der Waals surface area contributed by atoms with Gasteiger partial charge < -0.3 is 19.0 Å².